The van der Waals surface area contributed by atoms with Gasteiger partial charge in [-0.3, -0.25) is 9.59 Å². The Labute approximate surface area is 140 Å². The number of hydrazone groups is 1. The largest absolute Gasteiger partial charge is 0.504 e. The fourth-order valence-electron chi connectivity index (χ4n) is 2.14. The van der Waals surface area contributed by atoms with Crippen molar-refractivity contribution in [3.05, 3.63) is 64.0 Å². The molecule has 2 aromatic carbocycles. The zero-order valence-corrected chi connectivity index (χ0v) is 12.6. The van der Waals surface area contributed by atoms with Crippen molar-refractivity contribution in [3.8, 4) is 17.2 Å². The molecule has 3 rings (SSSR count). The Morgan fingerprint density at radius 2 is 1.80 bits per heavy atom. The number of fused-ring (bicyclic) bond motifs is 1. The maximum absolute atomic E-state index is 12.2. The molecule has 126 valence electrons. The molecule has 0 fully saturated rings. The molecule has 8 heteroatoms. The van der Waals surface area contributed by atoms with E-state index in [1.807, 2.05) is 0 Å². The van der Waals surface area contributed by atoms with Gasteiger partial charge in [0.25, 0.3) is 5.91 Å². The van der Waals surface area contributed by atoms with E-state index in [0.29, 0.717) is 11.0 Å². The molecule has 0 spiro atoms. The van der Waals surface area contributed by atoms with Gasteiger partial charge in [0.15, 0.2) is 17.2 Å². The number of phenols is 3. The third kappa shape index (κ3) is 3.13. The summed E-state index contributed by atoms with van der Waals surface area (Å²) in [5, 5.41) is 32.1. The van der Waals surface area contributed by atoms with Crippen LogP contribution in [0.1, 0.15) is 15.9 Å². The molecule has 0 aliphatic heterocycles. The first-order chi connectivity index (χ1) is 12.0. The smallest absolute Gasteiger partial charge is 0.271 e. The number of benzene rings is 2. The van der Waals surface area contributed by atoms with Crippen LogP contribution in [0.25, 0.3) is 11.0 Å². The second-order valence-electron chi connectivity index (χ2n) is 5.08. The number of amides is 1. The summed E-state index contributed by atoms with van der Waals surface area (Å²) in [4.78, 5) is 24.2. The number of hydrogen-bond donors (Lipinski definition) is 4. The Bertz CT molecular complexity index is 1030. The molecule has 0 radical (unpaired) electrons. The number of para-hydroxylation sites is 1. The molecular weight excluding hydrogens is 328 g/mol. The van der Waals surface area contributed by atoms with Gasteiger partial charge >= 0.3 is 0 Å². The van der Waals surface area contributed by atoms with Crippen molar-refractivity contribution >= 4 is 23.1 Å². The van der Waals surface area contributed by atoms with Crippen LogP contribution in [0.3, 0.4) is 0 Å². The molecule has 0 aliphatic carbocycles. The minimum Gasteiger partial charge on any atom is -0.504 e. The Kier molecular flexibility index (Phi) is 4.09. The number of nitrogens with zero attached hydrogens (tertiary/aromatic N) is 1. The van der Waals surface area contributed by atoms with Gasteiger partial charge < -0.3 is 19.7 Å². The molecule has 0 saturated heterocycles. The first-order valence-electron chi connectivity index (χ1n) is 7.06. The van der Waals surface area contributed by atoms with Gasteiger partial charge in [-0.25, -0.2) is 5.43 Å². The van der Waals surface area contributed by atoms with E-state index in [1.54, 1.807) is 24.3 Å². The first kappa shape index (κ1) is 16.1. The lowest BCUT2D eigenvalue weighted by Gasteiger charge is -2.04. The van der Waals surface area contributed by atoms with E-state index in [4.69, 9.17) is 4.42 Å². The number of carbonyl (C=O) groups is 1. The summed E-state index contributed by atoms with van der Waals surface area (Å²) < 4.78 is 5.31. The molecule has 1 amide bonds. The van der Waals surface area contributed by atoms with Gasteiger partial charge in [-0.05, 0) is 24.3 Å². The van der Waals surface area contributed by atoms with Crippen LogP contribution in [0.4, 0.5) is 0 Å². The highest BCUT2D eigenvalue weighted by atomic mass is 16.3. The maximum Gasteiger partial charge on any atom is 0.271 e. The predicted molar refractivity (Wildman–Crippen MR) is 89.0 cm³/mol. The summed E-state index contributed by atoms with van der Waals surface area (Å²) in [7, 11) is 0. The highest BCUT2D eigenvalue weighted by molar-refractivity contribution is 5.96. The third-order valence-electron chi connectivity index (χ3n) is 3.41. The standard InChI is InChI=1S/C17H12N2O6/c20-12-5-9(6-13(21)16(12)23)17(24)19-18-7-10-8-25-14-4-2-1-3-11(14)15(10)22/h1-8,20-21,23H,(H,19,24)/b18-7+. The van der Waals surface area contributed by atoms with Crippen molar-refractivity contribution in [2.45, 2.75) is 0 Å². The van der Waals surface area contributed by atoms with Crippen LogP contribution >= 0.6 is 0 Å². The van der Waals surface area contributed by atoms with Crippen molar-refractivity contribution in [3.63, 3.8) is 0 Å². The SMILES string of the molecule is O=C(N/N=C/c1coc2ccccc2c1=O)c1cc(O)c(O)c(O)c1. The van der Waals surface area contributed by atoms with E-state index in [-0.39, 0.29) is 16.6 Å². The van der Waals surface area contributed by atoms with E-state index in [0.717, 1.165) is 18.3 Å². The second-order valence-corrected chi connectivity index (χ2v) is 5.08. The quantitative estimate of drug-likeness (QED) is 0.326. The molecule has 25 heavy (non-hydrogen) atoms. The number of rotatable bonds is 3. The number of hydrogen-bond acceptors (Lipinski definition) is 7. The lowest BCUT2D eigenvalue weighted by atomic mass is 10.2. The molecule has 3 aromatic rings. The van der Waals surface area contributed by atoms with Crippen molar-refractivity contribution in [1.82, 2.24) is 5.43 Å². The normalized spacial score (nSPS) is 11.0. The fourth-order valence-corrected chi connectivity index (χ4v) is 2.14. The van der Waals surface area contributed by atoms with Gasteiger partial charge in [0.2, 0.25) is 5.43 Å². The lowest BCUT2D eigenvalue weighted by Crippen LogP contribution is -2.18. The average molecular weight is 340 g/mol. The number of carbonyl (C=O) groups excluding carboxylic acids is 1. The van der Waals surface area contributed by atoms with Crippen molar-refractivity contribution in [1.29, 1.82) is 0 Å². The Hall–Kier alpha value is -3.81. The fraction of sp³-hybridized carbons (Fsp3) is 0. The zero-order valence-electron chi connectivity index (χ0n) is 12.6. The van der Waals surface area contributed by atoms with Crippen LogP contribution in [-0.2, 0) is 0 Å². The molecule has 0 bridgehead atoms. The van der Waals surface area contributed by atoms with Crippen LogP contribution < -0.4 is 10.9 Å². The average Bonchev–Trinajstić information content (AvgIpc) is 2.61. The van der Waals surface area contributed by atoms with Crippen LogP contribution in [-0.4, -0.2) is 27.4 Å². The van der Waals surface area contributed by atoms with Gasteiger partial charge in [0.1, 0.15) is 11.8 Å². The summed E-state index contributed by atoms with van der Waals surface area (Å²) in [5.41, 5.74) is 2.28. The van der Waals surface area contributed by atoms with E-state index in [1.165, 1.54) is 6.26 Å². The van der Waals surface area contributed by atoms with Gasteiger partial charge in [-0.1, -0.05) is 12.1 Å². The van der Waals surface area contributed by atoms with Gasteiger partial charge in [-0.2, -0.15) is 5.10 Å². The van der Waals surface area contributed by atoms with Crippen LogP contribution in [0.15, 0.2) is 57.0 Å². The van der Waals surface area contributed by atoms with Crippen LogP contribution in [0, 0.1) is 0 Å². The maximum atomic E-state index is 12.2. The van der Waals surface area contributed by atoms with Crippen LogP contribution in [0.2, 0.25) is 0 Å². The van der Waals surface area contributed by atoms with E-state index in [2.05, 4.69) is 10.5 Å². The lowest BCUT2D eigenvalue weighted by molar-refractivity contribution is 0.0954. The molecular formula is C17H12N2O6. The van der Waals surface area contributed by atoms with Gasteiger partial charge in [0.05, 0.1) is 17.2 Å². The first-order valence-corrected chi connectivity index (χ1v) is 7.06. The summed E-state index contributed by atoms with van der Waals surface area (Å²) in [6.07, 6.45) is 2.34. The highest BCUT2D eigenvalue weighted by Gasteiger charge is 2.13. The summed E-state index contributed by atoms with van der Waals surface area (Å²) in [6.45, 7) is 0. The van der Waals surface area contributed by atoms with E-state index >= 15 is 0 Å². The summed E-state index contributed by atoms with van der Waals surface area (Å²) in [5.74, 6) is -2.78. The number of nitrogens with one attached hydrogen (secondary N) is 1. The topological polar surface area (TPSA) is 132 Å². The van der Waals surface area contributed by atoms with Gasteiger partial charge in [-0.15, -0.1) is 0 Å². The second kappa shape index (κ2) is 6.36. The molecule has 0 aliphatic rings. The highest BCUT2D eigenvalue weighted by Crippen LogP contribution is 2.35. The predicted octanol–water partition coefficient (Wildman–Crippen LogP) is 1.67. The Balaban J connectivity index is 1.81. The monoisotopic (exact) mass is 340 g/mol. The minimum absolute atomic E-state index is 0.129. The van der Waals surface area contributed by atoms with Crippen molar-refractivity contribution in [2.24, 2.45) is 5.10 Å². The molecule has 0 atom stereocenters. The van der Waals surface area contributed by atoms with E-state index in [9.17, 15) is 24.9 Å². The third-order valence-corrected chi connectivity index (χ3v) is 3.41. The number of aromatic hydroxyl groups is 3. The van der Waals surface area contributed by atoms with E-state index < -0.39 is 23.2 Å². The molecule has 0 unspecified atom stereocenters. The van der Waals surface area contributed by atoms with Crippen LogP contribution in [0.5, 0.6) is 17.2 Å². The molecule has 1 aromatic heterocycles. The van der Waals surface area contributed by atoms with Crippen molar-refractivity contribution < 1.29 is 24.5 Å². The minimum atomic E-state index is -0.757. The molecule has 8 nitrogen and oxygen atoms in total. The Morgan fingerprint density at radius 1 is 1.12 bits per heavy atom. The molecule has 1 heterocycles. The van der Waals surface area contributed by atoms with Crippen molar-refractivity contribution in [2.75, 3.05) is 0 Å². The molecule has 0 saturated carbocycles. The zero-order chi connectivity index (χ0) is 18.0. The summed E-state index contributed by atoms with van der Waals surface area (Å²) >= 11 is 0. The van der Waals surface area contributed by atoms with Gasteiger partial charge in [0, 0.05) is 5.56 Å². The number of phenolic OH excluding ortho intramolecular Hbond substituents is 3. The molecule has 4 N–H and O–H groups in total. The summed E-state index contributed by atoms with van der Waals surface area (Å²) in [6, 6.07) is 8.63. The Morgan fingerprint density at radius 3 is 2.52 bits per heavy atom.